The molecule has 1 aliphatic carbocycles. The van der Waals surface area contributed by atoms with Crippen molar-refractivity contribution in [1.29, 1.82) is 0 Å². The van der Waals surface area contributed by atoms with E-state index in [0.717, 1.165) is 22.7 Å². The minimum Gasteiger partial charge on any atom is -0.334 e. The number of hydrogen-bond donors (Lipinski definition) is 0. The Kier molecular flexibility index (Phi) is 4.40. The summed E-state index contributed by atoms with van der Waals surface area (Å²) in [6.07, 6.45) is 6.34. The van der Waals surface area contributed by atoms with E-state index in [4.69, 9.17) is 11.6 Å². The Labute approximate surface area is 111 Å². The second kappa shape index (κ2) is 5.83. The zero-order valence-corrected chi connectivity index (χ0v) is 11.6. The highest BCUT2D eigenvalue weighted by molar-refractivity contribution is 7.13. The zero-order valence-electron chi connectivity index (χ0n) is 9.99. The highest BCUT2D eigenvalue weighted by atomic mass is 35.5. The lowest BCUT2D eigenvalue weighted by Crippen LogP contribution is -2.39. The average molecular weight is 273 g/mol. The summed E-state index contributed by atoms with van der Waals surface area (Å²) in [6, 6.07) is 0.378. The van der Waals surface area contributed by atoms with Gasteiger partial charge in [-0.25, -0.2) is 4.98 Å². The summed E-state index contributed by atoms with van der Waals surface area (Å²) >= 11 is 7.27. The van der Waals surface area contributed by atoms with Crippen LogP contribution in [0.5, 0.6) is 0 Å². The maximum absolute atomic E-state index is 12.4. The van der Waals surface area contributed by atoms with Crippen LogP contribution in [0.15, 0.2) is 6.20 Å². The normalized spacial score (nSPS) is 16.4. The SMILES string of the molecule is Cc1ncc(C(=O)N(CCCl)C2CCCC2)s1. The summed E-state index contributed by atoms with van der Waals surface area (Å²) in [7, 11) is 0. The van der Waals surface area contributed by atoms with E-state index < -0.39 is 0 Å². The van der Waals surface area contributed by atoms with Gasteiger partial charge in [-0.05, 0) is 19.8 Å². The van der Waals surface area contributed by atoms with Gasteiger partial charge in [-0.3, -0.25) is 4.79 Å². The Hall–Kier alpha value is -0.610. The van der Waals surface area contributed by atoms with Gasteiger partial charge in [0.25, 0.3) is 5.91 Å². The van der Waals surface area contributed by atoms with E-state index in [9.17, 15) is 4.79 Å². The van der Waals surface area contributed by atoms with E-state index in [1.807, 2.05) is 11.8 Å². The van der Waals surface area contributed by atoms with E-state index in [1.165, 1.54) is 24.2 Å². The molecule has 0 radical (unpaired) electrons. The number of hydrogen-bond acceptors (Lipinski definition) is 3. The molecule has 1 aromatic heterocycles. The molecule has 5 heteroatoms. The van der Waals surface area contributed by atoms with Crippen LogP contribution in [0.25, 0.3) is 0 Å². The molecule has 3 nitrogen and oxygen atoms in total. The topological polar surface area (TPSA) is 33.2 Å². The number of nitrogens with zero attached hydrogens (tertiary/aromatic N) is 2. The van der Waals surface area contributed by atoms with Gasteiger partial charge in [0.05, 0.1) is 11.2 Å². The number of carbonyl (C=O) groups excluding carboxylic acids is 1. The molecule has 0 bridgehead atoms. The van der Waals surface area contributed by atoms with E-state index in [1.54, 1.807) is 6.20 Å². The third-order valence-electron chi connectivity index (χ3n) is 3.18. The molecule has 0 atom stereocenters. The molecule has 0 N–H and O–H groups in total. The second-order valence-corrected chi connectivity index (χ2v) is 5.98. The van der Waals surface area contributed by atoms with Gasteiger partial charge < -0.3 is 4.90 Å². The van der Waals surface area contributed by atoms with Gasteiger partial charge in [0, 0.05) is 18.5 Å². The van der Waals surface area contributed by atoms with Crippen LogP contribution in [0.1, 0.15) is 40.4 Å². The molecule has 0 unspecified atom stereocenters. The van der Waals surface area contributed by atoms with Crippen molar-refractivity contribution in [3.05, 3.63) is 16.1 Å². The number of alkyl halides is 1. The van der Waals surface area contributed by atoms with Crippen molar-refractivity contribution in [1.82, 2.24) is 9.88 Å². The molecule has 1 fully saturated rings. The number of aromatic nitrogens is 1. The summed E-state index contributed by atoms with van der Waals surface area (Å²) in [5, 5.41) is 0.936. The Morgan fingerprint density at radius 2 is 2.29 bits per heavy atom. The van der Waals surface area contributed by atoms with Crippen molar-refractivity contribution in [3.8, 4) is 0 Å². The van der Waals surface area contributed by atoms with Crippen molar-refractivity contribution < 1.29 is 4.79 Å². The lowest BCUT2D eigenvalue weighted by molar-refractivity contribution is 0.0700. The molecule has 1 amide bonds. The van der Waals surface area contributed by atoms with Crippen LogP contribution >= 0.6 is 22.9 Å². The average Bonchev–Trinajstić information content (AvgIpc) is 2.95. The summed E-state index contributed by atoms with van der Waals surface area (Å²) in [6.45, 7) is 2.56. The maximum Gasteiger partial charge on any atom is 0.265 e. The van der Waals surface area contributed by atoms with Gasteiger partial charge in [-0.1, -0.05) is 12.8 Å². The molecule has 0 aromatic carbocycles. The third-order valence-corrected chi connectivity index (χ3v) is 4.25. The highest BCUT2D eigenvalue weighted by Crippen LogP contribution is 2.26. The fourth-order valence-corrected chi connectivity index (χ4v) is 3.27. The first kappa shape index (κ1) is 12.8. The van der Waals surface area contributed by atoms with Crippen LogP contribution in [0.2, 0.25) is 0 Å². The first-order valence-electron chi connectivity index (χ1n) is 6.01. The Morgan fingerprint density at radius 1 is 1.59 bits per heavy atom. The zero-order chi connectivity index (χ0) is 12.3. The molecule has 1 aliphatic rings. The number of carbonyl (C=O) groups is 1. The maximum atomic E-state index is 12.4. The molecule has 1 aromatic rings. The molecule has 1 saturated carbocycles. The fourth-order valence-electron chi connectivity index (χ4n) is 2.36. The molecule has 0 spiro atoms. The van der Waals surface area contributed by atoms with Crippen LogP contribution < -0.4 is 0 Å². The lowest BCUT2D eigenvalue weighted by atomic mass is 10.2. The number of thiazole rings is 1. The molecule has 0 saturated heterocycles. The van der Waals surface area contributed by atoms with Crippen LogP contribution in [0.3, 0.4) is 0 Å². The molecule has 1 heterocycles. The second-order valence-electron chi connectivity index (χ2n) is 4.37. The lowest BCUT2D eigenvalue weighted by Gasteiger charge is -2.27. The van der Waals surface area contributed by atoms with Crippen molar-refractivity contribution >= 4 is 28.8 Å². The van der Waals surface area contributed by atoms with E-state index >= 15 is 0 Å². The van der Waals surface area contributed by atoms with Gasteiger partial charge in [-0.15, -0.1) is 22.9 Å². The molecule has 2 rings (SSSR count). The van der Waals surface area contributed by atoms with E-state index in [2.05, 4.69) is 4.98 Å². The van der Waals surface area contributed by atoms with Crippen molar-refractivity contribution in [2.45, 2.75) is 38.6 Å². The van der Waals surface area contributed by atoms with Crippen molar-refractivity contribution in [2.24, 2.45) is 0 Å². The molecule has 94 valence electrons. The van der Waals surface area contributed by atoms with Crippen molar-refractivity contribution in [3.63, 3.8) is 0 Å². The quantitative estimate of drug-likeness (QED) is 0.789. The number of aryl methyl sites for hydroxylation is 1. The van der Waals surface area contributed by atoms with Crippen LogP contribution in [0.4, 0.5) is 0 Å². The van der Waals surface area contributed by atoms with Crippen molar-refractivity contribution in [2.75, 3.05) is 12.4 Å². The summed E-state index contributed by atoms with van der Waals surface area (Å²) in [5.74, 6) is 0.600. The minimum absolute atomic E-state index is 0.100. The molecular weight excluding hydrogens is 256 g/mol. The summed E-state index contributed by atoms with van der Waals surface area (Å²) in [4.78, 5) is 19.2. The first-order chi connectivity index (χ1) is 8.22. The molecule has 0 aliphatic heterocycles. The Morgan fingerprint density at radius 3 is 2.82 bits per heavy atom. The standard InChI is InChI=1S/C12H17ClN2OS/c1-9-14-8-11(17-9)12(16)15(7-6-13)10-4-2-3-5-10/h8,10H,2-7H2,1H3. The van der Waals surface area contributed by atoms with E-state index in [-0.39, 0.29) is 5.91 Å². The minimum atomic E-state index is 0.100. The Bertz CT molecular complexity index is 388. The monoisotopic (exact) mass is 272 g/mol. The first-order valence-corrected chi connectivity index (χ1v) is 7.37. The van der Waals surface area contributed by atoms with E-state index in [0.29, 0.717) is 18.5 Å². The number of halogens is 1. The number of amides is 1. The number of rotatable bonds is 4. The smallest absolute Gasteiger partial charge is 0.265 e. The Balaban J connectivity index is 2.12. The van der Waals surface area contributed by atoms with Gasteiger partial charge in [0.1, 0.15) is 4.88 Å². The van der Waals surface area contributed by atoms with Gasteiger partial charge in [-0.2, -0.15) is 0 Å². The fraction of sp³-hybridized carbons (Fsp3) is 0.667. The van der Waals surface area contributed by atoms with Crippen LogP contribution in [-0.4, -0.2) is 34.3 Å². The van der Waals surface area contributed by atoms with Crippen LogP contribution in [-0.2, 0) is 0 Å². The van der Waals surface area contributed by atoms with Gasteiger partial charge >= 0.3 is 0 Å². The largest absolute Gasteiger partial charge is 0.334 e. The summed E-state index contributed by atoms with van der Waals surface area (Å²) < 4.78 is 0. The molecule has 17 heavy (non-hydrogen) atoms. The predicted molar refractivity (Wildman–Crippen MR) is 70.9 cm³/mol. The highest BCUT2D eigenvalue weighted by Gasteiger charge is 2.27. The summed E-state index contributed by atoms with van der Waals surface area (Å²) in [5.41, 5.74) is 0. The predicted octanol–water partition coefficient (Wildman–Crippen LogP) is 3.08. The van der Waals surface area contributed by atoms with Gasteiger partial charge in [0.15, 0.2) is 0 Å². The van der Waals surface area contributed by atoms with Crippen LogP contribution in [0, 0.1) is 6.92 Å². The van der Waals surface area contributed by atoms with Gasteiger partial charge in [0.2, 0.25) is 0 Å². The molecular formula is C12H17ClN2OS. The third kappa shape index (κ3) is 2.99.